The highest BCUT2D eigenvalue weighted by Gasteiger charge is 1.94. The average molecular weight is 243 g/mol. The molecular formula is C11H24Cl2O. The molecule has 0 saturated carbocycles. The molecule has 3 heteroatoms. The van der Waals surface area contributed by atoms with Crippen molar-refractivity contribution in [3.63, 3.8) is 0 Å². The molecule has 1 heterocycles. The van der Waals surface area contributed by atoms with Gasteiger partial charge in [-0.25, -0.2) is 0 Å². The van der Waals surface area contributed by atoms with Crippen LogP contribution in [0, 0.1) is 0 Å². The van der Waals surface area contributed by atoms with Crippen molar-refractivity contribution in [1.82, 2.24) is 0 Å². The average Bonchev–Trinajstić information content (AvgIpc) is 2.74. The Hall–Kier alpha value is 0.540. The fourth-order valence-corrected chi connectivity index (χ4v) is 1.01. The van der Waals surface area contributed by atoms with E-state index in [0.717, 1.165) is 13.2 Å². The SMILES string of the molecule is C1CCOC1.CCCCCC.ClCCl. The standard InChI is InChI=1S/C6H14.C4H8O.CH2Cl2/c1-3-5-6-4-2;1-2-4-5-3-1;2-1-3/h3-6H2,1-2H3;1-4H2;1H2. The molecule has 0 unspecified atom stereocenters. The minimum Gasteiger partial charge on any atom is -0.381 e. The molecule has 0 aromatic rings. The lowest BCUT2D eigenvalue weighted by atomic mass is 10.2. The van der Waals surface area contributed by atoms with Gasteiger partial charge in [0.2, 0.25) is 0 Å². The molecule has 0 atom stereocenters. The number of unbranched alkanes of at least 4 members (excludes halogenated alkanes) is 3. The van der Waals surface area contributed by atoms with Gasteiger partial charge in [0.05, 0.1) is 5.34 Å². The number of ether oxygens (including phenoxy) is 1. The Kier molecular flexibility index (Phi) is 23.2. The summed E-state index contributed by atoms with van der Waals surface area (Å²) >= 11 is 9.53. The highest BCUT2D eigenvalue weighted by Crippen LogP contribution is 1.98. The Labute approximate surface area is 99.1 Å². The summed E-state index contributed by atoms with van der Waals surface area (Å²) in [6.07, 6.45) is 8.09. The van der Waals surface area contributed by atoms with Gasteiger partial charge in [-0.15, -0.1) is 23.2 Å². The first-order chi connectivity index (χ1) is 6.83. The molecule has 0 aliphatic carbocycles. The second kappa shape index (κ2) is 19.2. The summed E-state index contributed by atoms with van der Waals surface area (Å²) in [6.45, 7) is 6.46. The van der Waals surface area contributed by atoms with E-state index in [9.17, 15) is 0 Å². The molecule has 1 fully saturated rings. The van der Waals surface area contributed by atoms with Crippen LogP contribution >= 0.6 is 23.2 Å². The molecule has 1 saturated heterocycles. The molecule has 0 amide bonds. The van der Waals surface area contributed by atoms with Crippen molar-refractivity contribution in [3.05, 3.63) is 0 Å². The summed E-state index contributed by atoms with van der Waals surface area (Å²) in [5.41, 5.74) is 0. The third kappa shape index (κ3) is 22.9. The summed E-state index contributed by atoms with van der Waals surface area (Å²) in [4.78, 5) is 0. The van der Waals surface area contributed by atoms with Crippen molar-refractivity contribution < 1.29 is 4.74 Å². The molecular weight excluding hydrogens is 219 g/mol. The molecule has 0 spiro atoms. The quantitative estimate of drug-likeness (QED) is 0.510. The lowest BCUT2D eigenvalue weighted by Crippen LogP contribution is -1.74. The summed E-state index contributed by atoms with van der Waals surface area (Å²) in [6, 6.07) is 0. The highest BCUT2D eigenvalue weighted by molar-refractivity contribution is 6.40. The van der Waals surface area contributed by atoms with E-state index in [1.54, 1.807) is 0 Å². The van der Waals surface area contributed by atoms with Crippen LogP contribution in [-0.4, -0.2) is 18.6 Å². The third-order valence-corrected chi connectivity index (χ3v) is 1.78. The predicted octanol–water partition coefficient (Wildman–Crippen LogP) is 4.80. The molecule has 0 aromatic carbocycles. The van der Waals surface area contributed by atoms with Crippen molar-refractivity contribution in [1.29, 1.82) is 0 Å². The molecule has 88 valence electrons. The first kappa shape index (κ1) is 17.0. The Morgan fingerprint density at radius 2 is 1.29 bits per heavy atom. The van der Waals surface area contributed by atoms with Gasteiger partial charge in [-0.2, -0.15) is 0 Å². The molecule has 0 radical (unpaired) electrons. The zero-order valence-electron chi connectivity index (χ0n) is 9.53. The van der Waals surface area contributed by atoms with Gasteiger partial charge in [0.1, 0.15) is 0 Å². The lowest BCUT2D eigenvalue weighted by Gasteiger charge is -1.86. The van der Waals surface area contributed by atoms with Crippen LogP contribution in [-0.2, 0) is 4.74 Å². The van der Waals surface area contributed by atoms with E-state index in [4.69, 9.17) is 27.9 Å². The number of hydrogen-bond donors (Lipinski definition) is 0. The Morgan fingerprint density at radius 3 is 1.43 bits per heavy atom. The zero-order chi connectivity index (χ0) is 11.1. The van der Waals surface area contributed by atoms with Crippen LogP contribution in [0.25, 0.3) is 0 Å². The van der Waals surface area contributed by atoms with E-state index in [0.29, 0.717) is 0 Å². The van der Waals surface area contributed by atoms with Gasteiger partial charge in [-0.05, 0) is 12.8 Å². The molecule has 1 rings (SSSR count). The van der Waals surface area contributed by atoms with E-state index in [-0.39, 0.29) is 5.34 Å². The highest BCUT2D eigenvalue weighted by atomic mass is 35.5. The third-order valence-electron chi connectivity index (χ3n) is 1.78. The topological polar surface area (TPSA) is 9.23 Å². The second-order valence-corrected chi connectivity index (χ2v) is 3.94. The first-order valence-corrected chi connectivity index (χ1v) is 6.60. The summed E-state index contributed by atoms with van der Waals surface area (Å²) in [7, 11) is 0. The van der Waals surface area contributed by atoms with Crippen LogP contribution in [0.2, 0.25) is 0 Å². The lowest BCUT2D eigenvalue weighted by molar-refractivity contribution is 0.198. The van der Waals surface area contributed by atoms with E-state index in [1.807, 2.05) is 0 Å². The van der Waals surface area contributed by atoms with E-state index in [1.165, 1.54) is 38.5 Å². The van der Waals surface area contributed by atoms with Crippen LogP contribution in [0.5, 0.6) is 0 Å². The van der Waals surface area contributed by atoms with Crippen LogP contribution in [0.15, 0.2) is 0 Å². The van der Waals surface area contributed by atoms with Gasteiger partial charge >= 0.3 is 0 Å². The summed E-state index contributed by atoms with van der Waals surface area (Å²) < 4.78 is 4.94. The molecule has 1 aliphatic rings. The molecule has 0 aromatic heterocycles. The minimum atomic E-state index is 0.194. The van der Waals surface area contributed by atoms with Gasteiger partial charge in [-0.1, -0.05) is 39.5 Å². The fourth-order valence-electron chi connectivity index (χ4n) is 1.01. The number of rotatable bonds is 3. The van der Waals surface area contributed by atoms with Gasteiger partial charge in [0.25, 0.3) is 0 Å². The Bertz CT molecular complexity index is 64.1. The molecule has 14 heavy (non-hydrogen) atoms. The molecule has 1 nitrogen and oxygen atoms in total. The van der Waals surface area contributed by atoms with Crippen molar-refractivity contribution in [3.8, 4) is 0 Å². The second-order valence-electron chi connectivity index (χ2n) is 3.13. The molecule has 1 aliphatic heterocycles. The van der Waals surface area contributed by atoms with Crippen LogP contribution in [0.4, 0.5) is 0 Å². The minimum absolute atomic E-state index is 0.194. The van der Waals surface area contributed by atoms with Gasteiger partial charge < -0.3 is 4.74 Å². The number of halogens is 2. The Morgan fingerprint density at radius 1 is 0.929 bits per heavy atom. The maximum absolute atomic E-state index is 4.94. The van der Waals surface area contributed by atoms with Gasteiger partial charge in [0.15, 0.2) is 0 Å². The van der Waals surface area contributed by atoms with Crippen LogP contribution < -0.4 is 0 Å². The van der Waals surface area contributed by atoms with Gasteiger partial charge in [0, 0.05) is 13.2 Å². The van der Waals surface area contributed by atoms with Crippen molar-refractivity contribution in [2.45, 2.75) is 52.4 Å². The van der Waals surface area contributed by atoms with Gasteiger partial charge in [-0.3, -0.25) is 0 Å². The van der Waals surface area contributed by atoms with Crippen LogP contribution in [0.1, 0.15) is 52.4 Å². The first-order valence-electron chi connectivity index (χ1n) is 5.53. The van der Waals surface area contributed by atoms with Crippen molar-refractivity contribution in [2.75, 3.05) is 18.6 Å². The maximum Gasteiger partial charge on any atom is 0.0967 e. The zero-order valence-corrected chi connectivity index (χ0v) is 11.0. The maximum atomic E-state index is 4.94. The Balaban J connectivity index is 0. The van der Waals surface area contributed by atoms with E-state index >= 15 is 0 Å². The van der Waals surface area contributed by atoms with Crippen LogP contribution in [0.3, 0.4) is 0 Å². The smallest absolute Gasteiger partial charge is 0.0967 e. The normalized spacial score (nSPS) is 13.7. The predicted molar refractivity (Wildman–Crippen MR) is 66.4 cm³/mol. The van der Waals surface area contributed by atoms with Crippen molar-refractivity contribution in [2.24, 2.45) is 0 Å². The number of alkyl halides is 2. The van der Waals surface area contributed by atoms with E-state index < -0.39 is 0 Å². The number of hydrogen-bond acceptors (Lipinski definition) is 1. The van der Waals surface area contributed by atoms with E-state index in [2.05, 4.69) is 13.8 Å². The summed E-state index contributed by atoms with van der Waals surface area (Å²) in [5.74, 6) is 0. The molecule has 0 bridgehead atoms. The molecule has 0 N–H and O–H groups in total. The summed E-state index contributed by atoms with van der Waals surface area (Å²) in [5, 5.41) is 0.194. The van der Waals surface area contributed by atoms with Crippen molar-refractivity contribution >= 4 is 23.2 Å². The monoisotopic (exact) mass is 242 g/mol. The largest absolute Gasteiger partial charge is 0.381 e. The fraction of sp³-hybridized carbons (Fsp3) is 1.00.